The molecule has 0 saturated carbocycles. The molecule has 1 aliphatic rings. The summed E-state index contributed by atoms with van der Waals surface area (Å²) in [4.78, 5) is 2.08. The van der Waals surface area contributed by atoms with Crippen molar-refractivity contribution in [3.8, 4) is 0 Å². The first-order chi connectivity index (χ1) is 10.8. The van der Waals surface area contributed by atoms with Crippen molar-refractivity contribution in [1.29, 1.82) is 0 Å². The van der Waals surface area contributed by atoms with Gasteiger partial charge in [0, 0.05) is 52.4 Å². The Morgan fingerprint density at radius 1 is 1.30 bits per heavy atom. The maximum Gasteiger partial charge on any atom is 0.213 e. The van der Waals surface area contributed by atoms with E-state index in [9.17, 15) is 8.42 Å². The zero-order chi connectivity index (χ0) is 17.2. The number of anilines is 1. The lowest BCUT2D eigenvalue weighted by molar-refractivity contribution is 0.289. The van der Waals surface area contributed by atoms with Crippen molar-refractivity contribution >= 4 is 15.8 Å². The molecule has 0 aromatic carbocycles. The molecule has 2 heterocycles. The Morgan fingerprint density at radius 2 is 1.91 bits per heavy atom. The van der Waals surface area contributed by atoms with Crippen LogP contribution in [0, 0.1) is 6.92 Å². The molecule has 2 rings (SSSR count). The molecule has 8 heteroatoms. The van der Waals surface area contributed by atoms with Crippen molar-refractivity contribution in [1.82, 2.24) is 19.4 Å². The van der Waals surface area contributed by atoms with Gasteiger partial charge >= 0.3 is 0 Å². The highest BCUT2D eigenvalue weighted by Crippen LogP contribution is 2.22. The smallest absolute Gasteiger partial charge is 0.213 e. The Kier molecular flexibility index (Phi) is 5.70. The van der Waals surface area contributed by atoms with Crippen molar-refractivity contribution in [2.24, 2.45) is 7.05 Å². The fraction of sp³-hybridized carbons (Fsp3) is 0.800. The van der Waals surface area contributed by atoms with Crippen LogP contribution < -0.4 is 10.2 Å². The molecule has 1 aromatic rings. The number of hydrogen-bond acceptors (Lipinski definition) is 5. The van der Waals surface area contributed by atoms with Crippen molar-refractivity contribution in [2.45, 2.75) is 39.3 Å². The van der Waals surface area contributed by atoms with Gasteiger partial charge in [-0.15, -0.1) is 0 Å². The number of sulfonamides is 1. The van der Waals surface area contributed by atoms with Crippen molar-refractivity contribution in [3.63, 3.8) is 0 Å². The van der Waals surface area contributed by atoms with Gasteiger partial charge in [0.15, 0.2) is 0 Å². The summed E-state index contributed by atoms with van der Waals surface area (Å²) in [6.07, 6.45) is 1.71. The van der Waals surface area contributed by atoms with Gasteiger partial charge in [0.2, 0.25) is 10.0 Å². The normalized spacial score (nSPS) is 17.6. The molecule has 7 nitrogen and oxygen atoms in total. The van der Waals surface area contributed by atoms with Gasteiger partial charge in [0.05, 0.1) is 11.4 Å². The molecule has 1 saturated heterocycles. The topological polar surface area (TPSA) is 70.5 Å². The lowest BCUT2D eigenvalue weighted by atomic mass is 10.1. The van der Waals surface area contributed by atoms with Crippen LogP contribution in [0.25, 0.3) is 0 Å². The van der Waals surface area contributed by atoms with E-state index in [1.165, 1.54) is 5.56 Å². The monoisotopic (exact) mass is 343 g/mol. The fourth-order valence-electron chi connectivity index (χ4n) is 3.22. The minimum atomic E-state index is -3.05. The summed E-state index contributed by atoms with van der Waals surface area (Å²) >= 11 is 0. The standard InChI is InChI=1S/C15H29N5O2S/c1-6-23(21,22)20-9-7-13(8-10-20)16-11-14-12(2)17-19(5)15(14)18(3)4/h13,16H,6-11H2,1-5H3. The lowest BCUT2D eigenvalue weighted by Crippen LogP contribution is -2.45. The van der Waals surface area contributed by atoms with Crippen LogP contribution in [0.5, 0.6) is 0 Å². The highest BCUT2D eigenvalue weighted by molar-refractivity contribution is 7.89. The molecule has 132 valence electrons. The quantitative estimate of drug-likeness (QED) is 0.823. The van der Waals surface area contributed by atoms with E-state index in [4.69, 9.17) is 0 Å². The van der Waals surface area contributed by atoms with Gasteiger partial charge in [-0.1, -0.05) is 0 Å². The Bertz CT molecular complexity index is 631. The van der Waals surface area contributed by atoms with Gasteiger partial charge < -0.3 is 10.2 Å². The van der Waals surface area contributed by atoms with Gasteiger partial charge in [0.25, 0.3) is 0 Å². The molecule has 0 bridgehead atoms. The van der Waals surface area contributed by atoms with Crippen LogP contribution in [-0.4, -0.2) is 61.5 Å². The predicted octanol–water partition coefficient (Wildman–Crippen LogP) is 0.698. The third kappa shape index (κ3) is 4.05. The van der Waals surface area contributed by atoms with Crippen LogP contribution in [-0.2, 0) is 23.6 Å². The minimum Gasteiger partial charge on any atom is -0.363 e. The van der Waals surface area contributed by atoms with Gasteiger partial charge in [-0.3, -0.25) is 4.68 Å². The summed E-state index contributed by atoms with van der Waals surface area (Å²) in [6, 6.07) is 0.355. The zero-order valence-electron chi connectivity index (χ0n) is 14.8. The minimum absolute atomic E-state index is 0.187. The number of rotatable bonds is 6. The first-order valence-electron chi connectivity index (χ1n) is 8.17. The molecule has 0 spiro atoms. The van der Waals surface area contributed by atoms with Crippen molar-refractivity contribution in [3.05, 3.63) is 11.3 Å². The number of aryl methyl sites for hydroxylation is 2. The number of piperidine rings is 1. The second-order valence-corrected chi connectivity index (χ2v) is 8.62. The second kappa shape index (κ2) is 7.19. The fourth-order valence-corrected chi connectivity index (χ4v) is 4.36. The van der Waals surface area contributed by atoms with E-state index in [2.05, 4.69) is 15.3 Å². The third-order valence-electron chi connectivity index (χ3n) is 4.52. The Labute approximate surface area is 139 Å². The number of nitrogens with zero attached hydrogens (tertiary/aromatic N) is 4. The van der Waals surface area contributed by atoms with E-state index >= 15 is 0 Å². The van der Waals surface area contributed by atoms with E-state index in [1.807, 2.05) is 32.7 Å². The van der Waals surface area contributed by atoms with Gasteiger partial charge in [0.1, 0.15) is 5.82 Å². The molecule has 0 aliphatic carbocycles. The van der Waals surface area contributed by atoms with Gasteiger partial charge in [-0.05, 0) is 26.7 Å². The third-order valence-corrected chi connectivity index (χ3v) is 6.40. The maximum absolute atomic E-state index is 11.9. The summed E-state index contributed by atoms with van der Waals surface area (Å²) in [5.41, 5.74) is 2.25. The average molecular weight is 343 g/mol. The first-order valence-corrected chi connectivity index (χ1v) is 9.78. The molecular weight excluding hydrogens is 314 g/mol. The van der Waals surface area contributed by atoms with Gasteiger partial charge in [-0.25, -0.2) is 12.7 Å². The number of aromatic nitrogens is 2. The summed E-state index contributed by atoms with van der Waals surface area (Å²) in [6.45, 7) is 5.72. The zero-order valence-corrected chi connectivity index (χ0v) is 15.7. The lowest BCUT2D eigenvalue weighted by Gasteiger charge is -2.31. The molecule has 23 heavy (non-hydrogen) atoms. The highest BCUT2D eigenvalue weighted by Gasteiger charge is 2.26. The summed E-state index contributed by atoms with van der Waals surface area (Å²) < 4.78 is 27.3. The SMILES string of the molecule is CCS(=O)(=O)N1CCC(NCc2c(C)nn(C)c2N(C)C)CC1. The molecule has 1 aromatic heterocycles. The molecule has 1 N–H and O–H groups in total. The highest BCUT2D eigenvalue weighted by atomic mass is 32.2. The molecule has 0 atom stereocenters. The molecule has 0 unspecified atom stereocenters. The summed E-state index contributed by atoms with van der Waals surface area (Å²) in [5, 5.41) is 8.07. The largest absolute Gasteiger partial charge is 0.363 e. The van der Waals surface area contributed by atoms with E-state index < -0.39 is 10.0 Å². The molecule has 1 fully saturated rings. The Hall–Kier alpha value is -1.12. The summed E-state index contributed by atoms with van der Waals surface area (Å²) in [7, 11) is 2.95. The van der Waals surface area contributed by atoms with E-state index in [-0.39, 0.29) is 5.75 Å². The average Bonchev–Trinajstić information content (AvgIpc) is 2.79. The molecular formula is C15H29N5O2S. The molecule has 0 radical (unpaired) electrons. The Morgan fingerprint density at radius 3 is 2.43 bits per heavy atom. The molecule has 0 amide bonds. The second-order valence-electron chi connectivity index (χ2n) is 6.36. The van der Waals surface area contributed by atoms with Crippen LogP contribution in [0.2, 0.25) is 0 Å². The number of nitrogens with one attached hydrogen (secondary N) is 1. The van der Waals surface area contributed by atoms with Crippen LogP contribution in [0.1, 0.15) is 31.0 Å². The number of hydrogen-bond donors (Lipinski definition) is 1. The predicted molar refractivity (Wildman–Crippen MR) is 93.2 cm³/mol. The van der Waals surface area contributed by atoms with Crippen LogP contribution in [0.4, 0.5) is 5.82 Å². The molecule has 1 aliphatic heterocycles. The van der Waals surface area contributed by atoms with E-state index in [0.717, 1.165) is 30.9 Å². The maximum atomic E-state index is 11.9. The van der Waals surface area contributed by atoms with Crippen LogP contribution >= 0.6 is 0 Å². The van der Waals surface area contributed by atoms with Crippen LogP contribution in [0.15, 0.2) is 0 Å². The van der Waals surface area contributed by atoms with Gasteiger partial charge in [-0.2, -0.15) is 5.10 Å². The van der Waals surface area contributed by atoms with Crippen molar-refractivity contribution < 1.29 is 8.42 Å². The first kappa shape index (κ1) is 18.2. The van der Waals surface area contributed by atoms with E-state index in [0.29, 0.717) is 19.1 Å². The van der Waals surface area contributed by atoms with E-state index in [1.54, 1.807) is 11.2 Å². The Balaban J connectivity index is 1.94. The van der Waals surface area contributed by atoms with Crippen LogP contribution in [0.3, 0.4) is 0 Å². The summed E-state index contributed by atoms with van der Waals surface area (Å²) in [5.74, 6) is 1.30. The van der Waals surface area contributed by atoms with Crippen molar-refractivity contribution in [2.75, 3.05) is 37.8 Å².